The van der Waals surface area contributed by atoms with E-state index in [2.05, 4.69) is 57.4 Å². The molecule has 31 heavy (non-hydrogen) atoms. The summed E-state index contributed by atoms with van der Waals surface area (Å²) in [7, 11) is 0. The van der Waals surface area contributed by atoms with E-state index in [0.717, 1.165) is 44.9 Å². The highest BCUT2D eigenvalue weighted by molar-refractivity contribution is 5.71. The summed E-state index contributed by atoms with van der Waals surface area (Å²) < 4.78 is 0. The molecule has 0 bridgehead atoms. The largest absolute Gasteiger partial charge is 0.393 e. The van der Waals surface area contributed by atoms with Gasteiger partial charge in [-0.15, -0.1) is 0 Å². The molecular weight excluding hydrogens is 384 g/mol. The first kappa shape index (κ1) is 28.8. The summed E-state index contributed by atoms with van der Waals surface area (Å²) >= 11 is 0. The minimum absolute atomic E-state index is 0.199. The van der Waals surface area contributed by atoms with Gasteiger partial charge in [0.2, 0.25) is 0 Å². The predicted octanol–water partition coefficient (Wildman–Crippen LogP) is 6.72. The molecule has 0 aliphatic heterocycles. The molecule has 0 fully saturated rings. The summed E-state index contributed by atoms with van der Waals surface area (Å²) in [6.45, 7) is 11.5. The lowest BCUT2D eigenvalue weighted by Gasteiger charge is -2.12. The van der Waals surface area contributed by atoms with E-state index in [1.807, 2.05) is 18.2 Å². The molecule has 0 radical (unpaired) electrons. The van der Waals surface area contributed by atoms with Gasteiger partial charge in [0, 0.05) is 12.8 Å². The van der Waals surface area contributed by atoms with Gasteiger partial charge in [0.05, 0.1) is 12.2 Å². The number of hydrogen-bond donors (Lipinski definition) is 2. The molecule has 0 saturated heterocycles. The number of allylic oxidation sites excluding steroid dienone is 10. The molecule has 0 aromatic heterocycles. The van der Waals surface area contributed by atoms with E-state index in [4.69, 9.17) is 0 Å². The highest BCUT2D eigenvalue weighted by atomic mass is 16.3. The molecule has 0 spiro atoms. The van der Waals surface area contributed by atoms with Crippen LogP contribution < -0.4 is 0 Å². The number of carbonyl (C=O) groups is 1. The molecule has 3 nitrogen and oxygen atoms in total. The smallest absolute Gasteiger partial charge is 0.145 e. The SMILES string of the molecule is C=C/C=C\CC/C=C(\C)CC/C=C/CC/C(C)=C/C/C=C/[C@@H](O)C[C@H](O)CC(=C)C=O. The maximum absolute atomic E-state index is 10.5. The van der Waals surface area contributed by atoms with E-state index < -0.39 is 12.2 Å². The first-order valence-electron chi connectivity index (χ1n) is 11.3. The van der Waals surface area contributed by atoms with E-state index >= 15 is 0 Å². The van der Waals surface area contributed by atoms with Crippen LogP contribution in [0.3, 0.4) is 0 Å². The number of unbranched alkanes of at least 4 members (excludes halogenated alkanes) is 1. The monoisotopic (exact) mass is 426 g/mol. The molecule has 0 aliphatic rings. The van der Waals surface area contributed by atoms with Gasteiger partial charge in [-0.2, -0.15) is 0 Å². The van der Waals surface area contributed by atoms with Crippen LogP contribution in [0.1, 0.15) is 71.6 Å². The summed E-state index contributed by atoms with van der Waals surface area (Å²) in [5.74, 6) is 0. The summed E-state index contributed by atoms with van der Waals surface area (Å²) in [6, 6.07) is 0. The minimum atomic E-state index is -0.750. The van der Waals surface area contributed by atoms with Crippen molar-refractivity contribution < 1.29 is 15.0 Å². The Labute approximate surface area is 190 Å². The fourth-order valence-corrected chi connectivity index (χ4v) is 2.98. The van der Waals surface area contributed by atoms with Crippen LogP contribution in [0.2, 0.25) is 0 Å². The van der Waals surface area contributed by atoms with Crippen LogP contribution in [0.25, 0.3) is 0 Å². The maximum atomic E-state index is 10.5. The second-order valence-electron chi connectivity index (χ2n) is 7.99. The Balaban J connectivity index is 3.97. The fourth-order valence-electron chi connectivity index (χ4n) is 2.98. The number of aliphatic hydroxyl groups is 2. The zero-order chi connectivity index (χ0) is 23.3. The van der Waals surface area contributed by atoms with Gasteiger partial charge in [0.15, 0.2) is 0 Å². The third kappa shape index (κ3) is 19.5. The van der Waals surface area contributed by atoms with Crippen molar-refractivity contribution in [2.24, 2.45) is 0 Å². The molecule has 0 rings (SSSR count). The van der Waals surface area contributed by atoms with Crippen molar-refractivity contribution in [1.29, 1.82) is 0 Å². The van der Waals surface area contributed by atoms with Gasteiger partial charge in [-0.1, -0.05) is 79.0 Å². The molecule has 0 unspecified atom stereocenters. The van der Waals surface area contributed by atoms with Crippen LogP contribution in [0, 0.1) is 0 Å². The number of rotatable bonds is 18. The topological polar surface area (TPSA) is 57.5 Å². The lowest BCUT2D eigenvalue weighted by molar-refractivity contribution is -0.105. The first-order chi connectivity index (χ1) is 14.9. The van der Waals surface area contributed by atoms with E-state index in [1.165, 1.54) is 11.1 Å². The van der Waals surface area contributed by atoms with Gasteiger partial charge in [-0.3, -0.25) is 4.79 Å². The molecule has 0 saturated carbocycles. The molecule has 0 heterocycles. The highest BCUT2D eigenvalue weighted by Gasteiger charge is 2.10. The first-order valence-corrected chi connectivity index (χ1v) is 11.3. The third-order valence-electron chi connectivity index (χ3n) is 4.81. The lowest BCUT2D eigenvalue weighted by Crippen LogP contribution is -2.16. The van der Waals surface area contributed by atoms with Crippen molar-refractivity contribution in [3.05, 3.63) is 84.6 Å². The Hall–Kier alpha value is -2.23. The van der Waals surface area contributed by atoms with E-state index in [-0.39, 0.29) is 12.8 Å². The van der Waals surface area contributed by atoms with Gasteiger partial charge in [-0.05, 0) is 64.4 Å². The van der Waals surface area contributed by atoms with Crippen molar-refractivity contribution in [3.63, 3.8) is 0 Å². The van der Waals surface area contributed by atoms with Gasteiger partial charge in [0.25, 0.3) is 0 Å². The van der Waals surface area contributed by atoms with Crippen molar-refractivity contribution in [3.8, 4) is 0 Å². The second-order valence-corrected chi connectivity index (χ2v) is 7.99. The molecule has 3 heteroatoms. The predicted molar refractivity (Wildman–Crippen MR) is 134 cm³/mol. The van der Waals surface area contributed by atoms with Gasteiger partial charge >= 0.3 is 0 Å². The molecular formula is C28H42O3. The highest BCUT2D eigenvalue weighted by Crippen LogP contribution is 2.11. The Bertz CT molecular complexity index is 662. The van der Waals surface area contributed by atoms with E-state index in [1.54, 1.807) is 6.08 Å². The van der Waals surface area contributed by atoms with Crippen LogP contribution >= 0.6 is 0 Å². The lowest BCUT2D eigenvalue weighted by atomic mass is 10.0. The molecule has 2 atom stereocenters. The second kappa shape index (κ2) is 19.7. The number of hydrogen-bond acceptors (Lipinski definition) is 3. The summed E-state index contributed by atoms with van der Waals surface area (Å²) in [5.41, 5.74) is 3.12. The van der Waals surface area contributed by atoms with E-state index in [0.29, 0.717) is 11.9 Å². The average Bonchev–Trinajstić information content (AvgIpc) is 2.73. The van der Waals surface area contributed by atoms with Crippen molar-refractivity contribution in [1.82, 2.24) is 0 Å². The number of carbonyl (C=O) groups excluding carboxylic acids is 1. The quantitative estimate of drug-likeness (QED) is 0.0840. The van der Waals surface area contributed by atoms with Gasteiger partial charge in [0.1, 0.15) is 6.29 Å². The maximum Gasteiger partial charge on any atom is 0.145 e. The van der Waals surface area contributed by atoms with Crippen LogP contribution in [0.4, 0.5) is 0 Å². The van der Waals surface area contributed by atoms with Crippen LogP contribution in [0.5, 0.6) is 0 Å². The fraction of sp³-hybridized carbons (Fsp3) is 0.464. The molecule has 2 N–H and O–H groups in total. The molecule has 0 aliphatic carbocycles. The van der Waals surface area contributed by atoms with Crippen molar-refractivity contribution >= 4 is 6.29 Å². The van der Waals surface area contributed by atoms with Crippen LogP contribution in [-0.2, 0) is 4.79 Å². The van der Waals surface area contributed by atoms with E-state index in [9.17, 15) is 15.0 Å². The molecule has 0 aromatic carbocycles. The Morgan fingerprint density at radius 1 is 0.903 bits per heavy atom. The molecule has 172 valence electrons. The van der Waals surface area contributed by atoms with Crippen molar-refractivity contribution in [2.75, 3.05) is 0 Å². The standard InChI is InChI=1S/C28H42O3/c1-5-6-7-8-11-16-24(2)17-12-9-10-13-18-25(3)19-14-15-20-27(30)22-28(31)21-26(4)23-29/h5-7,9-10,15-16,19-20,23,27-28,30-31H,1,4,8,11-14,17-18,21-22H2,2-3H3/b7-6-,10-9+,20-15+,24-16+,25-19+/t27-,28-/m1/s1. The Kier molecular flexibility index (Phi) is 18.3. The summed E-state index contributed by atoms with van der Waals surface area (Å²) in [5, 5.41) is 19.7. The zero-order valence-corrected chi connectivity index (χ0v) is 19.5. The van der Waals surface area contributed by atoms with Crippen LogP contribution in [-0.4, -0.2) is 28.7 Å². The van der Waals surface area contributed by atoms with Gasteiger partial charge < -0.3 is 10.2 Å². The number of aliphatic hydroxyl groups excluding tert-OH is 2. The van der Waals surface area contributed by atoms with Crippen molar-refractivity contribution in [2.45, 2.75) is 83.8 Å². The molecule has 0 aromatic rings. The Morgan fingerprint density at radius 3 is 2.16 bits per heavy atom. The minimum Gasteiger partial charge on any atom is -0.393 e. The van der Waals surface area contributed by atoms with Gasteiger partial charge in [-0.25, -0.2) is 0 Å². The normalized spacial score (nSPS) is 15.1. The summed E-state index contributed by atoms with van der Waals surface area (Å²) in [4.78, 5) is 10.5. The average molecular weight is 427 g/mol. The van der Waals surface area contributed by atoms with Crippen LogP contribution in [0.15, 0.2) is 84.6 Å². The Morgan fingerprint density at radius 2 is 1.55 bits per heavy atom. The molecule has 0 amide bonds. The third-order valence-corrected chi connectivity index (χ3v) is 4.81. The zero-order valence-electron chi connectivity index (χ0n) is 19.5. The summed E-state index contributed by atoms with van der Waals surface area (Å²) in [6.07, 6.45) is 25.3. The number of aldehydes is 1.